The van der Waals surface area contributed by atoms with Gasteiger partial charge >= 0.3 is 5.97 Å². The lowest BCUT2D eigenvalue weighted by Gasteiger charge is -2.26. The van der Waals surface area contributed by atoms with E-state index in [9.17, 15) is 14.0 Å². The number of hydrogen-bond donors (Lipinski definition) is 0. The fourth-order valence-electron chi connectivity index (χ4n) is 2.22. The summed E-state index contributed by atoms with van der Waals surface area (Å²) in [5, 5.41) is 0. The standard InChI is InChI=1S/C12H19FO3/c1-12(13,8-10(14)16-2)11(15)9-6-4-3-5-7-9/h9H,3-8H2,1-2H3. The van der Waals surface area contributed by atoms with Crippen molar-refractivity contribution in [3.05, 3.63) is 0 Å². The predicted octanol–water partition coefficient (Wildman–Crippen LogP) is 2.43. The van der Waals surface area contributed by atoms with Crippen LogP contribution in [0.15, 0.2) is 0 Å². The van der Waals surface area contributed by atoms with Gasteiger partial charge in [-0.15, -0.1) is 0 Å². The van der Waals surface area contributed by atoms with Gasteiger partial charge in [0, 0.05) is 5.92 Å². The van der Waals surface area contributed by atoms with Crippen molar-refractivity contribution in [1.29, 1.82) is 0 Å². The molecule has 0 N–H and O–H groups in total. The molecule has 1 rings (SSSR count). The highest BCUT2D eigenvalue weighted by atomic mass is 19.1. The molecule has 1 saturated carbocycles. The van der Waals surface area contributed by atoms with Gasteiger partial charge in [0.15, 0.2) is 11.5 Å². The van der Waals surface area contributed by atoms with Crippen LogP contribution in [0.5, 0.6) is 0 Å². The Morgan fingerprint density at radius 1 is 1.31 bits per heavy atom. The topological polar surface area (TPSA) is 43.4 Å². The molecule has 1 aliphatic rings. The second-order valence-corrected chi connectivity index (χ2v) is 4.65. The van der Waals surface area contributed by atoms with E-state index >= 15 is 0 Å². The number of carbonyl (C=O) groups is 2. The molecule has 0 aromatic heterocycles. The van der Waals surface area contributed by atoms with E-state index in [-0.39, 0.29) is 5.92 Å². The van der Waals surface area contributed by atoms with E-state index in [4.69, 9.17) is 0 Å². The summed E-state index contributed by atoms with van der Waals surface area (Å²) in [6, 6.07) is 0. The van der Waals surface area contributed by atoms with Crippen LogP contribution in [-0.4, -0.2) is 24.5 Å². The Kier molecular flexibility index (Phi) is 4.44. The predicted molar refractivity (Wildman–Crippen MR) is 57.7 cm³/mol. The average Bonchev–Trinajstić information content (AvgIpc) is 2.28. The van der Waals surface area contributed by atoms with E-state index in [0.717, 1.165) is 32.1 Å². The second kappa shape index (κ2) is 5.41. The van der Waals surface area contributed by atoms with Gasteiger partial charge in [-0.2, -0.15) is 0 Å². The van der Waals surface area contributed by atoms with Crippen molar-refractivity contribution < 1.29 is 18.7 Å². The van der Waals surface area contributed by atoms with Crippen LogP contribution in [0.4, 0.5) is 4.39 Å². The van der Waals surface area contributed by atoms with Crippen LogP contribution in [0.25, 0.3) is 0 Å². The summed E-state index contributed by atoms with van der Waals surface area (Å²) in [5.74, 6) is -1.32. The molecule has 0 spiro atoms. The van der Waals surface area contributed by atoms with Gasteiger partial charge in [-0.1, -0.05) is 19.3 Å². The smallest absolute Gasteiger partial charge is 0.309 e. The Morgan fingerprint density at radius 3 is 2.38 bits per heavy atom. The zero-order valence-electron chi connectivity index (χ0n) is 9.92. The Labute approximate surface area is 95.3 Å². The largest absolute Gasteiger partial charge is 0.469 e. The molecule has 1 aliphatic carbocycles. The number of carbonyl (C=O) groups excluding carboxylic acids is 2. The lowest BCUT2D eigenvalue weighted by atomic mass is 9.80. The fourth-order valence-corrected chi connectivity index (χ4v) is 2.22. The first kappa shape index (κ1) is 13.1. The molecule has 0 saturated heterocycles. The van der Waals surface area contributed by atoms with Crippen molar-refractivity contribution in [3.63, 3.8) is 0 Å². The maximum absolute atomic E-state index is 14.1. The molecule has 0 amide bonds. The molecule has 0 aliphatic heterocycles. The third-order valence-corrected chi connectivity index (χ3v) is 3.19. The SMILES string of the molecule is COC(=O)CC(C)(F)C(=O)C1CCCCC1. The molecule has 1 atom stereocenters. The number of alkyl halides is 1. The summed E-state index contributed by atoms with van der Waals surface area (Å²) in [5.41, 5.74) is -2.07. The first-order valence-electron chi connectivity index (χ1n) is 5.77. The summed E-state index contributed by atoms with van der Waals surface area (Å²) in [6.45, 7) is 1.18. The van der Waals surface area contributed by atoms with Crippen molar-refractivity contribution in [3.8, 4) is 0 Å². The van der Waals surface area contributed by atoms with Gasteiger partial charge in [0.25, 0.3) is 0 Å². The molecule has 3 nitrogen and oxygen atoms in total. The lowest BCUT2D eigenvalue weighted by Crippen LogP contribution is -2.38. The number of halogens is 1. The van der Waals surface area contributed by atoms with Gasteiger partial charge in [-0.3, -0.25) is 9.59 Å². The molecule has 0 bridgehead atoms. The third-order valence-electron chi connectivity index (χ3n) is 3.19. The number of ketones is 1. The molecule has 1 fully saturated rings. The number of esters is 1. The summed E-state index contributed by atoms with van der Waals surface area (Å²) in [6.07, 6.45) is 4.09. The molecule has 0 aromatic carbocycles. The maximum atomic E-state index is 14.1. The Balaban J connectivity index is 2.59. The van der Waals surface area contributed by atoms with Crippen LogP contribution in [0.1, 0.15) is 45.4 Å². The minimum absolute atomic E-state index is 0.214. The van der Waals surface area contributed by atoms with Gasteiger partial charge in [0.1, 0.15) is 0 Å². The minimum Gasteiger partial charge on any atom is -0.469 e. The first-order valence-corrected chi connectivity index (χ1v) is 5.77. The summed E-state index contributed by atoms with van der Waals surface area (Å²) in [4.78, 5) is 22.9. The zero-order chi connectivity index (χ0) is 12.2. The van der Waals surface area contributed by atoms with Crippen molar-refractivity contribution in [2.45, 2.75) is 51.1 Å². The van der Waals surface area contributed by atoms with E-state index < -0.39 is 23.8 Å². The number of rotatable bonds is 4. The highest BCUT2D eigenvalue weighted by Gasteiger charge is 2.40. The molecule has 16 heavy (non-hydrogen) atoms. The highest BCUT2D eigenvalue weighted by Crippen LogP contribution is 2.31. The number of hydrogen-bond acceptors (Lipinski definition) is 3. The molecule has 0 radical (unpaired) electrons. The summed E-state index contributed by atoms with van der Waals surface area (Å²) in [7, 11) is 1.20. The summed E-state index contributed by atoms with van der Waals surface area (Å²) < 4.78 is 18.4. The van der Waals surface area contributed by atoms with Crippen LogP contribution < -0.4 is 0 Å². The van der Waals surface area contributed by atoms with Crippen molar-refractivity contribution in [2.75, 3.05) is 7.11 Å². The van der Waals surface area contributed by atoms with E-state index in [2.05, 4.69) is 4.74 Å². The van der Waals surface area contributed by atoms with Crippen molar-refractivity contribution in [2.24, 2.45) is 5.92 Å². The van der Waals surface area contributed by atoms with Crippen molar-refractivity contribution in [1.82, 2.24) is 0 Å². The quantitative estimate of drug-likeness (QED) is 0.697. The Morgan fingerprint density at radius 2 is 1.88 bits per heavy atom. The first-order chi connectivity index (χ1) is 7.47. The average molecular weight is 230 g/mol. The van der Waals surface area contributed by atoms with Gasteiger partial charge in [0.05, 0.1) is 13.5 Å². The van der Waals surface area contributed by atoms with E-state index in [1.54, 1.807) is 0 Å². The normalized spacial score (nSPS) is 21.2. The summed E-state index contributed by atoms with van der Waals surface area (Å²) >= 11 is 0. The van der Waals surface area contributed by atoms with Crippen LogP contribution in [0, 0.1) is 5.92 Å². The van der Waals surface area contributed by atoms with E-state index in [0.29, 0.717) is 0 Å². The fraction of sp³-hybridized carbons (Fsp3) is 0.833. The van der Waals surface area contributed by atoms with Crippen LogP contribution >= 0.6 is 0 Å². The number of methoxy groups -OCH3 is 1. The monoisotopic (exact) mass is 230 g/mol. The molecular weight excluding hydrogens is 211 g/mol. The molecular formula is C12H19FO3. The molecule has 1 unspecified atom stereocenters. The van der Waals surface area contributed by atoms with Crippen LogP contribution in [-0.2, 0) is 14.3 Å². The lowest BCUT2D eigenvalue weighted by molar-refractivity contribution is -0.149. The number of ether oxygens (including phenoxy) is 1. The minimum atomic E-state index is -2.07. The second-order valence-electron chi connectivity index (χ2n) is 4.65. The molecule has 0 aromatic rings. The van der Waals surface area contributed by atoms with Gasteiger partial charge in [-0.25, -0.2) is 4.39 Å². The van der Waals surface area contributed by atoms with E-state index in [1.165, 1.54) is 14.0 Å². The van der Waals surface area contributed by atoms with Gasteiger partial charge in [-0.05, 0) is 19.8 Å². The van der Waals surface area contributed by atoms with Gasteiger partial charge in [0.2, 0.25) is 0 Å². The third kappa shape index (κ3) is 3.29. The Bertz CT molecular complexity index is 267. The molecule has 0 heterocycles. The zero-order valence-corrected chi connectivity index (χ0v) is 9.92. The van der Waals surface area contributed by atoms with Crippen molar-refractivity contribution >= 4 is 11.8 Å². The maximum Gasteiger partial charge on any atom is 0.309 e. The number of Topliss-reactive ketones (excluding diaryl/α,β-unsaturated/α-hetero) is 1. The van der Waals surface area contributed by atoms with Crippen LogP contribution in [0.2, 0.25) is 0 Å². The van der Waals surface area contributed by atoms with E-state index in [1.807, 2.05) is 0 Å². The van der Waals surface area contributed by atoms with Crippen LogP contribution in [0.3, 0.4) is 0 Å². The highest BCUT2D eigenvalue weighted by molar-refractivity contribution is 5.92. The van der Waals surface area contributed by atoms with Gasteiger partial charge < -0.3 is 4.74 Å². The molecule has 4 heteroatoms. The molecule has 92 valence electrons. The Hall–Kier alpha value is -0.930.